The van der Waals surface area contributed by atoms with Gasteiger partial charge in [0.15, 0.2) is 5.69 Å². The average molecular weight is 334 g/mol. The summed E-state index contributed by atoms with van der Waals surface area (Å²) in [5.74, 6) is -0.0998. The molecule has 1 atom stereocenters. The predicted molar refractivity (Wildman–Crippen MR) is 93.1 cm³/mol. The predicted octanol–water partition coefficient (Wildman–Crippen LogP) is 1.12. The van der Waals surface area contributed by atoms with E-state index in [0.29, 0.717) is 11.7 Å². The van der Waals surface area contributed by atoms with Gasteiger partial charge in [0.1, 0.15) is 0 Å². The van der Waals surface area contributed by atoms with Crippen LogP contribution in [-0.4, -0.2) is 64.6 Å². The molecule has 0 aromatic carbocycles. The summed E-state index contributed by atoms with van der Waals surface area (Å²) in [4.78, 5) is 15.0. The van der Waals surface area contributed by atoms with Gasteiger partial charge in [-0.25, -0.2) is 4.68 Å². The number of nitrogens with zero attached hydrogens (tertiary/aromatic N) is 4. The van der Waals surface area contributed by atoms with E-state index in [-0.39, 0.29) is 11.9 Å². The fraction of sp³-hybridized carbons (Fsp3) is 0.824. The van der Waals surface area contributed by atoms with E-state index in [1.54, 1.807) is 0 Å². The number of carbonyl (C=O) groups excluding carboxylic acids is 1. The molecule has 0 bridgehead atoms. The van der Waals surface area contributed by atoms with Gasteiger partial charge in [-0.2, -0.15) is 0 Å². The highest BCUT2D eigenvalue weighted by Crippen LogP contribution is 2.20. The summed E-state index contributed by atoms with van der Waals surface area (Å²) in [6.45, 7) is 9.21. The molecule has 1 aromatic rings. The van der Waals surface area contributed by atoms with Gasteiger partial charge in [0.2, 0.25) is 0 Å². The Morgan fingerprint density at radius 1 is 1.29 bits per heavy atom. The molecule has 7 heteroatoms. The van der Waals surface area contributed by atoms with Crippen molar-refractivity contribution in [3.8, 4) is 0 Å². The molecule has 0 spiro atoms. The van der Waals surface area contributed by atoms with Crippen LogP contribution in [0.2, 0.25) is 0 Å². The third-order valence-corrected chi connectivity index (χ3v) is 5.16. The van der Waals surface area contributed by atoms with E-state index < -0.39 is 0 Å². The maximum Gasteiger partial charge on any atom is 0.274 e. The summed E-state index contributed by atoms with van der Waals surface area (Å²) >= 11 is 0. The van der Waals surface area contributed by atoms with E-state index >= 15 is 0 Å². The van der Waals surface area contributed by atoms with E-state index in [9.17, 15) is 4.79 Å². The number of likely N-dealkylation sites (tertiary alicyclic amines) is 1. The van der Waals surface area contributed by atoms with Crippen molar-refractivity contribution >= 4 is 5.91 Å². The number of aromatic nitrogens is 3. The van der Waals surface area contributed by atoms with E-state index in [1.807, 2.05) is 11.6 Å². The van der Waals surface area contributed by atoms with Crippen molar-refractivity contribution in [1.82, 2.24) is 30.5 Å². The van der Waals surface area contributed by atoms with Crippen molar-refractivity contribution in [1.29, 1.82) is 0 Å². The number of amides is 1. The zero-order valence-corrected chi connectivity index (χ0v) is 14.9. The van der Waals surface area contributed by atoms with Gasteiger partial charge >= 0.3 is 0 Å². The monoisotopic (exact) mass is 334 g/mol. The van der Waals surface area contributed by atoms with Gasteiger partial charge in [-0.1, -0.05) is 11.6 Å². The smallest absolute Gasteiger partial charge is 0.274 e. The molecule has 0 saturated carbocycles. The van der Waals surface area contributed by atoms with Crippen molar-refractivity contribution in [3.05, 3.63) is 11.4 Å². The van der Waals surface area contributed by atoms with Crippen LogP contribution in [0.5, 0.6) is 0 Å². The third kappa shape index (κ3) is 4.13. The van der Waals surface area contributed by atoms with E-state index in [4.69, 9.17) is 0 Å². The highest BCUT2D eigenvalue weighted by Gasteiger charge is 2.24. The minimum atomic E-state index is -0.0998. The van der Waals surface area contributed by atoms with Crippen LogP contribution in [0.25, 0.3) is 0 Å². The van der Waals surface area contributed by atoms with Crippen molar-refractivity contribution < 1.29 is 4.79 Å². The first-order valence-electron chi connectivity index (χ1n) is 9.31. The lowest BCUT2D eigenvalue weighted by molar-refractivity contribution is 0.0920. The number of hydrogen-bond donors (Lipinski definition) is 2. The molecule has 24 heavy (non-hydrogen) atoms. The van der Waals surface area contributed by atoms with Crippen LogP contribution in [0.15, 0.2) is 0 Å². The van der Waals surface area contributed by atoms with Gasteiger partial charge in [0.25, 0.3) is 5.91 Å². The Hall–Kier alpha value is -1.47. The zero-order valence-electron chi connectivity index (χ0n) is 14.9. The number of hydrogen-bond acceptors (Lipinski definition) is 5. The van der Waals surface area contributed by atoms with Crippen molar-refractivity contribution in [2.45, 2.75) is 58.0 Å². The molecule has 2 aliphatic heterocycles. The molecular weight excluding hydrogens is 304 g/mol. The van der Waals surface area contributed by atoms with Gasteiger partial charge in [-0.15, -0.1) is 5.10 Å². The number of piperidine rings is 2. The first kappa shape index (κ1) is 17.4. The molecule has 1 aromatic heterocycles. The minimum absolute atomic E-state index is 0.0998. The van der Waals surface area contributed by atoms with Crippen LogP contribution in [0.3, 0.4) is 0 Å². The Bertz CT molecular complexity index is 545. The van der Waals surface area contributed by atoms with Crippen LogP contribution < -0.4 is 10.6 Å². The molecule has 2 aliphatic rings. The van der Waals surface area contributed by atoms with Gasteiger partial charge in [0.05, 0.1) is 11.7 Å². The van der Waals surface area contributed by atoms with Crippen LogP contribution in [0, 0.1) is 6.92 Å². The number of nitrogens with one attached hydrogen (secondary N) is 2. The van der Waals surface area contributed by atoms with E-state index in [1.165, 1.54) is 19.3 Å². The largest absolute Gasteiger partial charge is 0.347 e. The normalized spacial score (nSPS) is 21.6. The quantitative estimate of drug-likeness (QED) is 0.844. The summed E-state index contributed by atoms with van der Waals surface area (Å²) in [5.41, 5.74) is 1.35. The molecule has 134 valence electrons. The fourth-order valence-electron chi connectivity index (χ4n) is 3.82. The topological polar surface area (TPSA) is 75.1 Å². The second kappa shape index (κ2) is 8.07. The van der Waals surface area contributed by atoms with Gasteiger partial charge in [-0.3, -0.25) is 4.79 Å². The van der Waals surface area contributed by atoms with Crippen LogP contribution in [-0.2, 0) is 0 Å². The van der Waals surface area contributed by atoms with Crippen molar-refractivity contribution in [3.63, 3.8) is 0 Å². The molecule has 7 nitrogen and oxygen atoms in total. The fourth-order valence-corrected chi connectivity index (χ4v) is 3.82. The lowest BCUT2D eigenvalue weighted by Crippen LogP contribution is -2.44. The Morgan fingerprint density at radius 3 is 2.71 bits per heavy atom. The van der Waals surface area contributed by atoms with Gasteiger partial charge in [-0.05, 0) is 65.7 Å². The maximum absolute atomic E-state index is 12.6. The van der Waals surface area contributed by atoms with Crippen LogP contribution in [0.1, 0.15) is 61.3 Å². The highest BCUT2D eigenvalue weighted by molar-refractivity contribution is 5.93. The molecule has 2 fully saturated rings. The van der Waals surface area contributed by atoms with Crippen molar-refractivity contribution in [2.75, 3.05) is 32.7 Å². The Balaban J connectivity index is 1.57. The summed E-state index contributed by atoms with van der Waals surface area (Å²) in [6.07, 6.45) is 5.94. The van der Waals surface area contributed by atoms with E-state index in [0.717, 1.165) is 51.3 Å². The molecule has 3 rings (SSSR count). The molecule has 0 aliphatic carbocycles. The zero-order chi connectivity index (χ0) is 16.9. The summed E-state index contributed by atoms with van der Waals surface area (Å²) < 4.78 is 1.94. The molecule has 0 radical (unpaired) electrons. The molecule has 1 amide bonds. The van der Waals surface area contributed by atoms with Crippen LogP contribution in [0.4, 0.5) is 0 Å². The van der Waals surface area contributed by atoms with Crippen LogP contribution >= 0.6 is 0 Å². The third-order valence-electron chi connectivity index (χ3n) is 5.16. The summed E-state index contributed by atoms with van der Waals surface area (Å²) in [7, 11) is 0. The second-order valence-corrected chi connectivity index (χ2v) is 7.18. The summed E-state index contributed by atoms with van der Waals surface area (Å²) in [6, 6.07) is 0.477. The first-order valence-corrected chi connectivity index (χ1v) is 9.31. The molecule has 2 saturated heterocycles. The molecular formula is C17H30N6O. The van der Waals surface area contributed by atoms with Gasteiger partial charge in [0, 0.05) is 12.6 Å². The minimum Gasteiger partial charge on any atom is -0.347 e. The average Bonchev–Trinajstić information content (AvgIpc) is 2.98. The lowest BCUT2D eigenvalue weighted by Gasteiger charge is -2.29. The Morgan fingerprint density at radius 2 is 2.00 bits per heavy atom. The van der Waals surface area contributed by atoms with Crippen molar-refractivity contribution in [2.24, 2.45) is 0 Å². The van der Waals surface area contributed by atoms with E-state index in [2.05, 4.69) is 32.8 Å². The Labute approximate surface area is 144 Å². The molecule has 3 heterocycles. The number of carbonyl (C=O) groups is 1. The molecule has 1 unspecified atom stereocenters. The highest BCUT2D eigenvalue weighted by atomic mass is 16.2. The SMILES string of the molecule is Cc1c(C(=O)NC(C)CN2CCCCC2)nnn1C1CCNCC1. The second-order valence-electron chi connectivity index (χ2n) is 7.18. The van der Waals surface area contributed by atoms with Gasteiger partial charge < -0.3 is 15.5 Å². The lowest BCUT2D eigenvalue weighted by atomic mass is 10.1. The molecule has 2 N–H and O–H groups in total. The Kier molecular flexibility index (Phi) is 5.84. The first-order chi connectivity index (χ1) is 11.6. The summed E-state index contributed by atoms with van der Waals surface area (Å²) in [5, 5.41) is 14.9. The number of rotatable bonds is 5. The standard InChI is InChI=1S/C17H30N6O/c1-13(12-22-10-4-3-5-11-22)19-17(24)16-14(2)23(21-20-16)15-6-8-18-9-7-15/h13,15,18H,3-12H2,1-2H3,(H,19,24). The maximum atomic E-state index is 12.6.